The highest BCUT2D eigenvalue weighted by Gasteiger charge is 2.34. The zero-order valence-corrected chi connectivity index (χ0v) is 17.5. The molecule has 29 heavy (non-hydrogen) atoms. The third-order valence-corrected chi connectivity index (χ3v) is 7.31. The van der Waals surface area contributed by atoms with Crippen LogP contribution in [0, 0.1) is 13.8 Å². The summed E-state index contributed by atoms with van der Waals surface area (Å²) in [5.41, 5.74) is 1.64. The van der Waals surface area contributed by atoms with E-state index in [1.54, 1.807) is 23.6 Å². The number of piperidine rings is 1. The minimum atomic E-state index is -0.0308. The van der Waals surface area contributed by atoms with Crippen molar-refractivity contribution in [2.75, 3.05) is 13.1 Å². The summed E-state index contributed by atoms with van der Waals surface area (Å²) in [6.45, 7) is 5.35. The number of nitrogens with zero attached hydrogens (tertiary/aromatic N) is 4. The van der Waals surface area contributed by atoms with Crippen molar-refractivity contribution < 1.29 is 4.79 Å². The number of hydrogen-bond acceptors (Lipinski definition) is 5. The van der Waals surface area contributed by atoms with Gasteiger partial charge in [-0.2, -0.15) is 0 Å². The Morgan fingerprint density at radius 1 is 1.14 bits per heavy atom. The van der Waals surface area contributed by atoms with Gasteiger partial charge in [0.1, 0.15) is 16.3 Å². The van der Waals surface area contributed by atoms with Gasteiger partial charge in [-0.15, -0.1) is 11.3 Å². The lowest BCUT2D eigenvalue weighted by Gasteiger charge is -2.33. The molecular formula is C22H24N4O2S. The molecule has 3 aromatic rings. The number of hydrogen-bond donors (Lipinski definition) is 0. The van der Waals surface area contributed by atoms with Crippen molar-refractivity contribution in [1.82, 2.24) is 19.4 Å². The topological polar surface area (TPSA) is 68.1 Å². The van der Waals surface area contributed by atoms with Crippen LogP contribution in [0.2, 0.25) is 0 Å². The number of rotatable bonds is 3. The summed E-state index contributed by atoms with van der Waals surface area (Å²) in [6.07, 6.45) is 5.41. The number of likely N-dealkylation sites (tertiary alicyclic amines) is 1. The number of aromatic nitrogens is 3. The first-order valence-corrected chi connectivity index (χ1v) is 11.1. The Labute approximate surface area is 173 Å². The quantitative estimate of drug-likeness (QED) is 0.661. The first kappa shape index (κ1) is 18.5. The van der Waals surface area contributed by atoms with E-state index in [0.717, 1.165) is 47.3 Å². The molecule has 3 aromatic heterocycles. The van der Waals surface area contributed by atoms with Crippen LogP contribution >= 0.6 is 11.3 Å². The molecule has 0 atom stereocenters. The van der Waals surface area contributed by atoms with Gasteiger partial charge in [0.15, 0.2) is 0 Å². The maximum atomic E-state index is 13.5. The monoisotopic (exact) mass is 408 g/mol. The van der Waals surface area contributed by atoms with E-state index in [2.05, 4.69) is 11.9 Å². The van der Waals surface area contributed by atoms with Gasteiger partial charge < -0.3 is 4.90 Å². The largest absolute Gasteiger partial charge is 0.337 e. The predicted octanol–water partition coefficient (Wildman–Crippen LogP) is 3.82. The SMILES string of the molecule is Cc1sc2nc(C3CC3)n(C3CCN(C(=O)c4ccccn4)CC3)c(=O)c2c1C. The molecule has 0 bridgehead atoms. The second-order valence-corrected chi connectivity index (χ2v) is 9.32. The van der Waals surface area contributed by atoms with E-state index in [0.29, 0.717) is 24.7 Å². The van der Waals surface area contributed by atoms with Gasteiger partial charge in [0.25, 0.3) is 11.5 Å². The number of fused-ring (bicyclic) bond motifs is 1. The molecule has 0 N–H and O–H groups in total. The fraction of sp³-hybridized carbons (Fsp3) is 0.455. The highest BCUT2D eigenvalue weighted by molar-refractivity contribution is 7.18. The molecule has 1 saturated heterocycles. The zero-order valence-electron chi connectivity index (χ0n) is 16.7. The Bertz CT molecular complexity index is 1140. The average molecular weight is 409 g/mol. The van der Waals surface area contributed by atoms with E-state index in [1.807, 2.05) is 28.5 Å². The van der Waals surface area contributed by atoms with Gasteiger partial charge in [-0.25, -0.2) is 4.98 Å². The number of thiophene rings is 1. The van der Waals surface area contributed by atoms with Gasteiger partial charge in [-0.3, -0.25) is 19.1 Å². The van der Waals surface area contributed by atoms with Crippen molar-refractivity contribution >= 4 is 27.5 Å². The molecule has 150 valence electrons. The fourth-order valence-electron chi connectivity index (χ4n) is 4.28. The minimum Gasteiger partial charge on any atom is -0.337 e. The molecule has 0 aromatic carbocycles. The lowest BCUT2D eigenvalue weighted by Crippen LogP contribution is -2.42. The van der Waals surface area contributed by atoms with Crippen LogP contribution in [-0.4, -0.2) is 38.4 Å². The number of aryl methyl sites for hydroxylation is 2. The molecule has 1 amide bonds. The van der Waals surface area contributed by atoms with Crippen molar-refractivity contribution in [2.45, 2.75) is 51.5 Å². The lowest BCUT2D eigenvalue weighted by atomic mass is 10.0. The van der Waals surface area contributed by atoms with Crippen LogP contribution in [-0.2, 0) is 0 Å². The van der Waals surface area contributed by atoms with Gasteiger partial charge in [-0.05, 0) is 57.2 Å². The molecule has 6 nitrogen and oxygen atoms in total. The first-order chi connectivity index (χ1) is 14.0. The molecule has 0 unspecified atom stereocenters. The van der Waals surface area contributed by atoms with Crippen LogP contribution in [0.5, 0.6) is 0 Å². The summed E-state index contributed by atoms with van der Waals surface area (Å²) in [5, 5.41) is 0.781. The summed E-state index contributed by atoms with van der Waals surface area (Å²) >= 11 is 1.63. The van der Waals surface area contributed by atoms with Crippen molar-refractivity contribution in [2.24, 2.45) is 0 Å². The number of amides is 1. The van der Waals surface area contributed by atoms with E-state index in [9.17, 15) is 9.59 Å². The van der Waals surface area contributed by atoms with Crippen molar-refractivity contribution in [3.05, 3.63) is 56.7 Å². The van der Waals surface area contributed by atoms with Crippen molar-refractivity contribution in [3.8, 4) is 0 Å². The fourth-order valence-corrected chi connectivity index (χ4v) is 5.31. The second kappa shape index (κ2) is 7.06. The van der Waals surface area contributed by atoms with Crippen LogP contribution in [0.25, 0.3) is 10.2 Å². The molecular weight excluding hydrogens is 384 g/mol. The summed E-state index contributed by atoms with van der Waals surface area (Å²) in [4.78, 5) is 39.2. The summed E-state index contributed by atoms with van der Waals surface area (Å²) in [6, 6.07) is 5.50. The molecule has 1 aliphatic carbocycles. The Morgan fingerprint density at radius 3 is 2.55 bits per heavy atom. The highest BCUT2D eigenvalue weighted by atomic mass is 32.1. The summed E-state index contributed by atoms with van der Waals surface area (Å²) in [5.74, 6) is 1.33. The number of carbonyl (C=O) groups is 1. The van der Waals surface area contributed by atoms with Gasteiger partial charge in [0.2, 0.25) is 0 Å². The van der Waals surface area contributed by atoms with E-state index >= 15 is 0 Å². The molecule has 0 spiro atoms. The minimum absolute atomic E-state index is 0.0308. The summed E-state index contributed by atoms with van der Waals surface area (Å²) in [7, 11) is 0. The van der Waals surface area contributed by atoms with E-state index in [-0.39, 0.29) is 17.5 Å². The maximum absolute atomic E-state index is 13.5. The maximum Gasteiger partial charge on any atom is 0.272 e. The van der Waals surface area contributed by atoms with Crippen LogP contribution < -0.4 is 5.56 Å². The standard InChI is InChI=1S/C22H24N4O2S/c1-13-14(2)29-20-18(13)22(28)26(19(24-20)15-6-7-15)16-8-11-25(12-9-16)21(27)17-5-3-4-10-23-17/h3-5,10,15-16H,6-9,11-12H2,1-2H3. The van der Waals surface area contributed by atoms with Crippen molar-refractivity contribution in [3.63, 3.8) is 0 Å². The third-order valence-electron chi connectivity index (χ3n) is 6.21. The normalized spacial score (nSPS) is 17.8. The molecule has 1 saturated carbocycles. The van der Waals surface area contributed by atoms with Gasteiger partial charge >= 0.3 is 0 Å². The van der Waals surface area contributed by atoms with E-state index in [1.165, 1.54) is 4.88 Å². The molecule has 5 rings (SSSR count). The first-order valence-electron chi connectivity index (χ1n) is 10.3. The molecule has 7 heteroatoms. The zero-order chi connectivity index (χ0) is 20.1. The average Bonchev–Trinajstić information content (AvgIpc) is 3.54. The number of pyridine rings is 1. The highest BCUT2D eigenvalue weighted by Crippen LogP contribution is 2.41. The molecule has 2 fully saturated rings. The second-order valence-electron chi connectivity index (χ2n) is 8.12. The van der Waals surface area contributed by atoms with E-state index < -0.39 is 0 Å². The van der Waals surface area contributed by atoms with Crippen LogP contribution in [0.15, 0.2) is 29.2 Å². The Morgan fingerprint density at radius 2 is 1.90 bits per heavy atom. The Kier molecular flexibility index (Phi) is 4.50. The molecule has 2 aliphatic rings. The van der Waals surface area contributed by atoms with Crippen LogP contribution in [0.3, 0.4) is 0 Å². The lowest BCUT2D eigenvalue weighted by molar-refractivity contribution is 0.0686. The van der Waals surface area contributed by atoms with Gasteiger partial charge in [0.05, 0.1) is 5.39 Å². The third kappa shape index (κ3) is 3.17. The van der Waals surface area contributed by atoms with E-state index in [4.69, 9.17) is 4.98 Å². The van der Waals surface area contributed by atoms with Gasteiger partial charge in [0, 0.05) is 36.1 Å². The molecule has 4 heterocycles. The van der Waals surface area contributed by atoms with Crippen LogP contribution in [0.4, 0.5) is 0 Å². The Balaban J connectivity index is 1.45. The smallest absolute Gasteiger partial charge is 0.272 e. The molecule has 0 radical (unpaired) electrons. The van der Waals surface area contributed by atoms with Gasteiger partial charge in [-0.1, -0.05) is 6.07 Å². The van der Waals surface area contributed by atoms with Crippen LogP contribution in [0.1, 0.15) is 64.4 Å². The van der Waals surface area contributed by atoms with Crippen molar-refractivity contribution in [1.29, 1.82) is 0 Å². The predicted molar refractivity (Wildman–Crippen MR) is 114 cm³/mol. The molecule has 1 aliphatic heterocycles. The Hall–Kier alpha value is -2.54. The number of carbonyl (C=O) groups excluding carboxylic acids is 1. The summed E-state index contributed by atoms with van der Waals surface area (Å²) < 4.78 is 1.97.